The van der Waals surface area contributed by atoms with Gasteiger partial charge in [-0.15, -0.1) is 5.06 Å². The summed E-state index contributed by atoms with van der Waals surface area (Å²) in [5.74, 6) is -1.40. The molecule has 0 unspecified atom stereocenters. The van der Waals surface area contributed by atoms with Gasteiger partial charge in [0.15, 0.2) is 10.8 Å². The van der Waals surface area contributed by atoms with Crippen molar-refractivity contribution in [3.8, 4) is 0 Å². The number of aromatic amines is 1. The van der Waals surface area contributed by atoms with Crippen LogP contribution in [0.2, 0.25) is 5.15 Å². The predicted octanol–water partition coefficient (Wildman–Crippen LogP) is 1.63. The number of nitrogens with one attached hydrogen (secondary N) is 1. The minimum absolute atomic E-state index is 0.0276. The summed E-state index contributed by atoms with van der Waals surface area (Å²) in [5, 5.41) is 0.450. The lowest BCUT2D eigenvalue weighted by Gasteiger charge is -2.11. The molecular formula is C12H14ClN3O4. The van der Waals surface area contributed by atoms with E-state index in [0.29, 0.717) is 17.3 Å². The maximum absolute atomic E-state index is 11.9. The summed E-state index contributed by atoms with van der Waals surface area (Å²) >= 11 is 5.85. The number of amides is 2. The molecule has 7 nitrogen and oxygen atoms in total. The second kappa shape index (κ2) is 6.04. The Morgan fingerprint density at radius 3 is 2.65 bits per heavy atom. The average Bonchev–Trinajstić information content (AvgIpc) is 2.93. The molecule has 1 aromatic heterocycles. The fraction of sp³-hybridized carbons (Fsp3) is 0.500. The quantitative estimate of drug-likeness (QED) is 0.834. The maximum atomic E-state index is 11.9. The van der Waals surface area contributed by atoms with Crippen molar-refractivity contribution >= 4 is 29.4 Å². The highest BCUT2D eigenvalue weighted by atomic mass is 35.5. The van der Waals surface area contributed by atoms with Gasteiger partial charge in [0, 0.05) is 19.3 Å². The molecule has 108 valence electrons. The van der Waals surface area contributed by atoms with E-state index in [1.54, 1.807) is 0 Å². The highest BCUT2D eigenvalue weighted by Gasteiger charge is 2.34. The molecule has 1 aliphatic rings. The molecule has 0 bridgehead atoms. The van der Waals surface area contributed by atoms with Crippen LogP contribution < -0.4 is 0 Å². The van der Waals surface area contributed by atoms with Crippen LogP contribution in [-0.4, -0.2) is 32.8 Å². The molecule has 1 aromatic rings. The number of rotatable bonds is 5. The SMILES string of the molecule is CCCCc1nc(Cl)c(C(=O)ON2C(=O)CCC2=O)[nH]1. The van der Waals surface area contributed by atoms with E-state index in [0.717, 1.165) is 12.8 Å². The van der Waals surface area contributed by atoms with E-state index in [-0.39, 0.29) is 23.7 Å². The van der Waals surface area contributed by atoms with E-state index in [2.05, 4.69) is 9.97 Å². The molecule has 8 heteroatoms. The van der Waals surface area contributed by atoms with Crippen molar-refractivity contribution in [2.75, 3.05) is 0 Å². The zero-order valence-corrected chi connectivity index (χ0v) is 11.7. The third kappa shape index (κ3) is 2.98. The minimum atomic E-state index is -0.895. The number of halogens is 1. The lowest BCUT2D eigenvalue weighted by atomic mass is 10.2. The smallest absolute Gasteiger partial charge is 0.335 e. The average molecular weight is 300 g/mol. The topological polar surface area (TPSA) is 92.4 Å². The predicted molar refractivity (Wildman–Crippen MR) is 68.7 cm³/mol. The molecule has 20 heavy (non-hydrogen) atoms. The maximum Gasteiger partial charge on any atom is 0.383 e. The van der Waals surface area contributed by atoms with Crippen molar-refractivity contribution in [1.82, 2.24) is 15.0 Å². The number of hydroxylamine groups is 2. The van der Waals surface area contributed by atoms with Gasteiger partial charge in [-0.3, -0.25) is 9.59 Å². The lowest BCUT2D eigenvalue weighted by molar-refractivity contribution is -0.172. The fourth-order valence-corrected chi connectivity index (χ4v) is 2.01. The van der Waals surface area contributed by atoms with Crippen molar-refractivity contribution in [2.45, 2.75) is 39.0 Å². The molecule has 1 fully saturated rings. The Bertz CT molecular complexity index is 539. The van der Waals surface area contributed by atoms with Crippen LogP contribution in [0.25, 0.3) is 0 Å². The summed E-state index contributed by atoms with van der Waals surface area (Å²) < 4.78 is 0. The van der Waals surface area contributed by atoms with Crippen LogP contribution >= 0.6 is 11.6 Å². The molecule has 0 spiro atoms. The van der Waals surface area contributed by atoms with E-state index in [9.17, 15) is 14.4 Å². The van der Waals surface area contributed by atoms with E-state index in [4.69, 9.17) is 16.4 Å². The first-order valence-electron chi connectivity index (χ1n) is 6.35. The van der Waals surface area contributed by atoms with Gasteiger partial charge >= 0.3 is 5.97 Å². The fourth-order valence-electron chi connectivity index (χ4n) is 1.78. The largest absolute Gasteiger partial charge is 0.383 e. The molecule has 0 aromatic carbocycles. The summed E-state index contributed by atoms with van der Waals surface area (Å²) in [6.45, 7) is 2.03. The minimum Gasteiger partial charge on any atom is -0.335 e. The molecule has 0 atom stereocenters. The number of nitrogens with zero attached hydrogens (tertiary/aromatic N) is 2. The highest BCUT2D eigenvalue weighted by molar-refractivity contribution is 6.32. The molecule has 0 radical (unpaired) electrons. The van der Waals surface area contributed by atoms with E-state index in [1.165, 1.54) is 0 Å². The molecule has 2 heterocycles. The van der Waals surface area contributed by atoms with Gasteiger partial charge < -0.3 is 9.82 Å². The third-order valence-electron chi connectivity index (χ3n) is 2.86. The molecule has 0 aliphatic carbocycles. The van der Waals surface area contributed by atoms with Crippen LogP contribution in [0.3, 0.4) is 0 Å². The first-order valence-corrected chi connectivity index (χ1v) is 6.73. The van der Waals surface area contributed by atoms with E-state index < -0.39 is 17.8 Å². The van der Waals surface area contributed by atoms with Gasteiger partial charge in [-0.1, -0.05) is 24.9 Å². The van der Waals surface area contributed by atoms with Gasteiger partial charge in [0.2, 0.25) is 0 Å². The number of carbonyl (C=O) groups is 3. The van der Waals surface area contributed by atoms with Crippen molar-refractivity contribution in [1.29, 1.82) is 0 Å². The Labute approximate surface area is 120 Å². The standard InChI is InChI=1S/C12H14ClN3O4/c1-2-3-4-7-14-10(11(13)15-7)12(19)20-16-8(17)5-6-9(16)18/h2-6H2,1H3,(H,14,15). The monoisotopic (exact) mass is 299 g/mol. The summed E-state index contributed by atoms with van der Waals surface area (Å²) in [5.41, 5.74) is -0.0507. The summed E-state index contributed by atoms with van der Waals surface area (Å²) in [6.07, 6.45) is 2.64. The molecular weight excluding hydrogens is 286 g/mol. The number of imide groups is 1. The van der Waals surface area contributed by atoms with Gasteiger partial charge in [0.25, 0.3) is 11.8 Å². The van der Waals surface area contributed by atoms with Gasteiger partial charge in [-0.2, -0.15) is 0 Å². The van der Waals surface area contributed by atoms with E-state index in [1.807, 2.05) is 6.92 Å². The molecule has 1 aliphatic heterocycles. The molecule has 2 amide bonds. The second-order valence-electron chi connectivity index (χ2n) is 4.41. The van der Waals surface area contributed by atoms with E-state index >= 15 is 0 Å². The van der Waals surface area contributed by atoms with Crippen LogP contribution in [0.5, 0.6) is 0 Å². The Hall–Kier alpha value is -1.89. The van der Waals surface area contributed by atoms with Crippen LogP contribution in [0.1, 0.15) is 48.9 Å². The zero-order chi connectivity index (χ0) is 14.7. The Morgan fingerprint density at radius 1 is 1.40 bits per heavy atom. The van der Waals surface area contributed by atoms with Crippen molar-refractivity contribution in [3.63, 3.8) is 0 Å². The van der Waals surface area contributed by atoms with Gasteiger partial charge in [0.1, 0.15) is 5.82 Å². The van der Waals surface area contributed by atoms with Crippen LogP contribution in [0, 0.1) is 0 Å². The number of carbonyl (C=O) groups excluding carboxylic acids is 3. The first-order chi connectivity index (χ1) is 9.52. The summed E-state index contributed by atoms with van der Waals surface area (Å²) in [7, 11) is 0. The summed E-state index contributed by atoms with van der Waals surface area (Å²) in [6, 6.07) is 0. The second-order valence-corrected chi connectivity index (χ2v) is 4.77. The first kappa shape index (κ1) is 14.5. The zero-order valence-electron chi connectivity index (χ0n) is 10.9. The Balaban J connectivity index is 2.07. The number of unbranched alkanes of at least 4 members (excludes halogenated alkanes) is 1. The van der Waals surface area contributed by atoms with Crippen molar-refractivity contribution in [3.05, 3.63) is 16.7 Å². The van der Waals surface area contributed by atoms with Crippen molar-refractivity contribution < 1.29 is 19.2 Å². The van der Waals surface area contributed by atoms with Gasteiger partial charge in [0.05, 0.1) is 0 Å². The van der Waals surface area contributed by atoms with Gasteiger partial charge in [-0.05, 0) is 6.42 Å². The van der Waals surface area contributed by atoms with Crippen LogP contribution in [-0.2, 0) is 20.8 Å². The highest BCUT2D eigenvalue weighted by Crippen LogP contribution is 2.18. The molecule has 2 rings (SSSR count). The normalized spacial score (nSPS) is 15.0. The van der Waals surface area contributed by atoms with Crippen LogP contribution in [0.15, 0.2) is 0 Å². The number of H-pyrrole nitrogens is 1. The lowest BCUT2D eigenvalue weighted by Crippen LogP contribution is -2.32. The molecule has 1 N–H and O–H groups in total. The Kier molecular flexibility index (Phi) is 4.39. The molecule has 0 saturated carbocycles. The third-order valence-corrected chi connectivity index (χ3v) is 3.13. The van der Waals surface area contributed by atoms with Gasteiger partial charge in [-0.25, -0.2) is 9.78 Å². The number of aromatic nitrogens is 2. The van der Waals surface area contributed by atoms with Crippen LogP contribution in [0.4, 0.5) is 0 Å². The number of hydrogen-bond donors (Lipinski definition) is 1. The number of imidazole rings is 1. The number of aryl methyl sites for hydroxylation is 1. The Morgan fingerprint density at radius 2 is 2.05 bits per heavy atom. The molecule has 1 saturated heterocycles. The van der Waals surface area contributed by atoms with Crippen molar-refractivity contribution in [2.24, 2.45) is 0 Å². The summed E-state index contributed by atoms with van der Waals surface area (Å²) in [4.78, 5) is 46.1. The number of hydrogen-bond acceptors (Lipinski definition) is 5.